The van der Waals surface area contributed by atoms with Gasteiger partial charge in [0, 0.05) is 11.8 Å². The summed E-state index contributed by atoms with van der Waals surface area (Å²) in [6.45, 7) is 3.97. The molecule has 0 saturated heterocycles. The minimum absolute atomic E-state index is 0.168. The van der Waals surface area contributed by atoms with Crippen molar-refractivity contribution in [2.45, 2.75) is 20.3 Å². The SMILES string of the molecule is CCc1ccc(NC(=O)/C=C\c2ccc(C)o2)cc1. The van der Waals surface area contributed by atoms with Crippen LogP contribution in [0.25, 0.3) is 6.08 Å². The number of carbonyl (C=O) groups is 1. The largest absolute Gasteiger partial charge is 0.462 e. The smallest absolute Gasteiger partial charge is 0.248 e. The zero-order valence-corrected chi connectivity index (χ0v) is 11.1. The van der Waals surface area contributed by atoms with E-state index in [-0.39, 0.29) is 5.91 Å². The molecule has 19 heavy (non-hydrogen) atoms. The zero-order valence-electron chi connectivity index (χ0n) is 11.1. The quantitative estimate of drug-likeness (QED) is 0.844. The minimum atomic E-state index is -0.168. The third-order valence-corrected chi connectivity index (χ3v) is 2.79. The van der Waals surface area contributed by atoms with E-state index in [2.05, 4.69) is 12.2 Å². The number of amides is 1. The molecule has 0 saturated carbocycles. The molecule has 0 atom stereocenters. The number of anilines is 1. The van der Waals surface area contributed by atoms with Crippen molar-refractivity contribution in [2.24, 2.45) is 0 Å². The average Bonchev–Trinajstić information content (AvgIpc) is 2.83. The second-order valence-corrected chi connectivity index (χ2v) is 4.32. The Balaban J connectivity index is 1.95. The summed E-state index contributed by atoms with van der Waals surface area (Å²) in [6.07, 6.45) is 4.11. The summed E-state index contributed by atoms with van der Waals surface area (Å²) in [6, 6.07) is 11.5. The van der Waals surface area contributed by atoms with Gasteiger partial charge in [0.1, 0.15) is 11.5 Å². The van der Waals surface area contributed by atoms with Gasteiger partial charge in [0.2, 0.25) is 5.91 Å². The van der Waals surface area contributed by atoms with Crippen molar-refractivity contribution < 1.29 is 9.21 Å². The Kier molecular flexibility index (Phi) is 4.18. The highest BCUT2D eigenvalue weighted by Gasteiger charge is 1.99. The lowest BCUT2D eigenvalue weighted by Gasteiger charge is -2.02. The molecule has 0 bridgehead atoms. The number of benzene rings is 1. The van der Waals surface area contributed by atoms with Crippen LogP contribution in [0, 0.1) is 6.92 Å². The first-order valence-corrected chi connectivity index (χ1v) is 6.32. The molecular weight excluding hydrogens is 238 g/mol. The second kappa shape index (κ2) is 6.05. The van der Waals surface area contributed by atoms with Crippen molar-refractivity contribution in [2.75, 3.05) is 5.32 Å². The summed E-state index contributed by atoms with van der Waals surface area (Å²) >= 11 is 0. The van der Waals surface area contributed by atoms with E-state index in [0.29, 0.717) is 5.76 Å². The van der Waals surface area contributed by atoms with Crippen molar-refractivity contribution in [3.63, 3.8) is 0 Å². The molecule has 0 radical (unpaired) electrons. The van der Waals surface area contributed by atoms with Crippen LogP contribution in [0.3, 0.4) is 0 Å². The van der Waals surface area contributed by atoms with Gasteiger partial charge in [-0.1, -0.05) is 19.1 Å². The third-order valence-electron chi connectivity index (χ3n) is 2.79. The van der Waals surface area contributed by atoms with E-state index in [4.69, 9.17) is 4.42 Å². The topological polar surface area (TPSA) is 42.2 Å². The number of carbonyl (C=O) groups excluding carboxylic acids is 1. The molecule has 98 valence electrons. The van der Waals surface area contributed by atoms with Gasteiger partial charge >= 0.3 is 0 Å². The summed E-state index contributed by atoms with van der Waals surface area (Å²) in [5.74, 6) is 1.34. The van der Waals surface area contributed by atoms with Gasteiger partial charge in [-0.05, 0) is 49.2 Å². The fraction of sp³-hybridized carbons (Fsp3) is 0.188. The Hall–Kier alpha value is -2.29. The molecule has 1 amide bonds. The van der Waals surface area contributed by atoms with Crippen LogP contribution in [0.4, 0.5) is 5.69 Å². The fourth-order valence-electron chi connectivity index (χ4n) is 1.71. The van der Waals surface area contributed by atoms with Crippen LogP contribution in [0.5, 0.6) is 0 Å². The van der Waals surface area contributed by atoms with E-state index in [1.807, 2.05) is 43.3 Å². The molecule has 3 nitrogen and oxygen atoms in total. The molecule has 2 rings (SSSR count). The van der Waals surface area contributed by atoms with Gasteiger partial charge in [-0.2, -0.15) is 0 Å². The van der Waals surface area contributed by atoms with Gasteiger partial charge in [-0.15, -0.1) is 0 Å². The molecule has 1 aromatic heterocycles. The molecule has 0 aliphatic rings. The van der Waals surface area contributed by atoms with E-state index in [1.54, 1.807) is 6.08 Å². The van der Waals surface area contributed by atoms with Crippen LogP contribution < -0.4 is 5.32 Å². The molecule has 0 unspecified atom stereocenters. The lowest BCUT2D eigenvalue weighted by atomic mass is 10.1. The standard InChI is InChI=1S/C16H17NO2/c1-3-13-5-7-14(8-6-13)17-16(18)11-10-15-9-4-12(2)19-15/h4-11H,3H2,1-2H3,(H,17,18)/b11-10-. The zero-order chi connectivity index (χ0) is 13.7. The number of aryl methyl sites for hydroxylation is 2. The normalized spacial score (nSPS) is 10.8. The van der Waals surface area contributed by atoms with Crippen LogP contribution in [-0.4, -0.2) is 5.91 Å². The summed E-state index contributed by atoms with van der Waals surface area (Å²) < 4.78 is 5.35. The van der Waals surface area contributed by atoms with Crippen molar-refractivity contribution in [3.05, 3.63) is 59.6 Å². The van der Waals surface area contributed by atoms with E-state index >= 15 is 0 Å². The predicted molar refractivity (Wildman–Crippen MR) is 76.9 cm³/mol. The third kappa shape index (κ3) is 3.85. The van der Waals surface area contributed by atoms with Gasteiger partial charge in [0.05, 0.1) is 0 Å². The Morgan fingerprint density at radius 2 is 1.95 bits per heavy atom. The summed E-state index contributed by atoms with van der Waals surface area (Å²) in [5.41, 5.74) is 2.04. The van der Waals surface area contributed by atoms with Crippen LogP contribution in [0.2, 0.25) is 0 Å². The van der Waals surface area contributed by atoms with Gasteiger partial charge in [0.25, 0.3) is 0 Å². The molecule has 1 aromatic carbocycles. The Bertz CT molecular complexity index is 579. The van der Waals surface area contributed by atoms with Crippen LogP contribution >= 0.6 is 0 Å². The number of hydrogen-bond acceptors (Lipinski definition) is 2. The second-order valence-electron chi connectivity index (χ2n) is 4.32. The van der Waals surface area contributed by atoms with Gasteiger partial charge < -0.3 is 9.73 Å². The first kappa shape index (κ1) is 13.1. The molecule has 1 N–H and O–H groups in total. The van der Waals surface area contributed by atoms with E-state index < -0.39 is 0 Å². The number of furan rings is 1. The van der Waals surface area contributed by atoms with Crippen LogP contribution in [-0.2, 0) is 11.2 Å². The molecular formula is C16H17NO2. The fourth-order valence-corrected chi connectivity index (χ4v) is 1.71. The summed E-state index contributed by atoms with van der Waals surface area (Å²) in [5, 5.41) is 2.80. The number of hydrogen-bond donors (Lipinski definition) is 1. The van der Waals surface area contributed by atoms with Crippen molar-refractivity contribution >= 4 is 17.7 Å². The van der Waals surface area contributed by atoms with Crippen molar-refractivity contribution in [1.29, 1.82) is 0 Å². The number of rotatable bonds is 4. The van der Waals surface area contributed by atoms with E-state index in [0.717, 1.165) is 17.9 Å². The van der Waals surface area contributed by atoms with E-state index in [1.165, 1.54) is 11.6 Å². The maximum Gasteiger partial charge on any atom is 0.248 e. The van der Waals surface area contributed by atoms with E-state index in [9.17, 15) is 4.79 Å². The molecule has 1 heterocycles. The highest BCUT2D eigenvalue weighted by atomic mass is 16.3. The monoisotopic (exact) mass is 255 g/mol. The lowest BCUT2D eigenvalue weighted by molar-refractivity contribution is -0.111. The Labute approximate surface area is 112 Å². The molecule has 0 aliphatic carbocycles. The van der Waals surface area contributed by atoms with Gasteiger partial charge in [-0.3, -0.25) is 4.79 Å². The molecule has 0 spiro atoms. The maximum absolute atomic E-state index is 11.7. The number of nitrogens with one attached hydrogen (secondary N) is 1. The maximum atomic E-state index is 11.7. The summed E-state index contributed by atoms with van der Waals surface area (Å²) in [4.78, 5) is 11.7. The summed E-state index contributed by atoms with van der Waals surface area (Å²) in [7, 11) is 0. The molecule has 0 fully saturated rings. The highest BCUT2D eigenvalue weighted by molar-refractivity contribution is 6.01. The van der Waals surface area contributed by atoms with Gasteiger partial charge in [0.15, 0.2) is 0 Å². The molecule has 2 aromatic rings. The van der Waals surface area contributed by atoms with Gasteiger partial charge in [-0.25, -0.2) is 0 Å². The molecule has 3 heteroatoms. The highest BCUT2D eigenvalue weighted by Crippen LogP contribution is 2.11. The van der Waals surface area contributed by atoms with Crippen LogP contribution in [0.1, 0.15) is 24.0 Å². The lowest BCUT2D eigenvalue weighted by Crippen LogP contribution is -2.07. The first-order chi connectivity index (χ1) is 9.17. The first-order valence-electron chi connectivity index (χ1n) is 6.32. The van der Waals surface area contributed by atoms with Crippen molar-refractivity contribution in [1.82, 2.24) is 0 Å². The Morgan fingerprint density at radius 1 is 1.21 bits per heavy atom. The Morgan fingerprint density at radius 3 is 2.53 bits per heavy atom. The van der Waals surface area contributed by atoms with Crippen molar-refractivity contribution in [3.8, 4) is 0 Å². The minimum Gasteiger partial charge on any atom is -0.462 e. The van der Waals surface area contributed by atoms with Crippen LogP contribution in [0.15, 0.2) is 46.9 Å². The average molecular weight is 255 g/mol. The predicted octanol–water partition coefficient (Wildman–Crippen LogP) is 3.80. The molecule has 0 aliphatic heterocycles.